The zero-order chi connectivity index (χ0) is 17.2. The zero-order valence-corrected chi connectivity index (χ0v) is 16.6. The van der Waals surface area contributed by atoms with Crippen molar-refractivity contribution in [3.63, 3.8) is 0 Å². The summed E-state index contributed by atoms with van der Waals surface area (Å²) in [4.78, 5) is 21.4. The summed E-state index contributed by atoms with van der Waals surface area (Å²) in [5, 5.41) is 9.11. The third-order valence-corrected chi connectivity index (χ3v) is 5.93. The van der Waals surface area contributed by atoms with Crippen LogP contribution in [0.4, 0.5) is 4.79 Å². The second kappa shape index (κ2) is 7.00. The predicted octanol–water partition coefficient (Wildman–Crippen LogP) is 4.03. The van der Waals surface area contributed by atoms with Crippen LogP contribution in [0.2, 0.25) is 25.7 Å². The lowest BCUT2D eigenvalue weighted by atomic mass is 10.4. The third kappa shape index (κ3) is 4.78. The van der Waals surface area contributed by atoms with Crippen molar-refractivity contribution in [3.8, 4) is 0 Å². The number of carboxylic acid groups (broad SMARTS) is 1. The number of hydrogen-bond donors (Lipinski definition) is 1. The van der Waals surface area contributed by atoms with Gasteiger partial charge >= 0.3 is 6.09 Å². The molecule has 2 heterocycles. The van der Waals surface area contributed by atoms with Crippen molar-refractivity contribution in [3.05, 3.63) is 22.6 Å². The topological polar surface area (TPSA) is 71.2 Å². The van der Waals surface area contributed by atoms with E-state index in [1.54, 1.807) is 13.2 Å². The van der Waals surface area contributed by atoms with E-state index in [4.69, 9.17) is 5.11 Å². The molecular formula is C15H23BrN4O2Si. The number of aromatic nitrogens is 3. The van der Waals surface area contributed by atoms with E-state index in [0.717, 1.165) is 34.4 Å². The van der Waals surface area contributed by atoms with Crippen molar-refractivity contribution < 1.29 is 9.90 Å². The fraction of sp³-hybridized carbons (Fsp3) is 0.533. The number of halogens is 1. The van der Waals surface area contributed by atoms with Gasteiger partial charge in [0.1, 0.15) is 11.3 Å². The normalized spacial score (nSPS) is 11.9. The number of carbonyl (C=O) groups is 1. The average molecular weight is 399 g/mol. The zero-order valence-electron chi connectivity index (χ0n) is 14.0. The van der Waals surface area contributed by atoms with Gasteiger partial charge in [0, 0.05) is 32.3 Å². The second-order valence-electron chi connectivity index (χ2n) is 6.98. The van der Waals surface area contributed by atoms with E-state index in [-0.39, 0.29) is 6.54 Å². The summed E-state index contributed by atoms with van der Waals surface area (Å²) in [7, 11) is 0.452. The van der Waals surface area contributed by atoms with Crippen LogP contribution in [0, 0.1) is 0 Å². The maximum absolute atomic E-state index is 11.1. The molecule has 0 aliphatic carbocycles. The van der Waals surface area contributed by atoms with Gasteiger partial charge in [-0.05, 0) is 28.4 Å². The van der Waals surface area contributed by atoms with Gasteiger partial charge in [0.2, 0.25) is 0 Å². The largest absolute Gasteiger partial charge is 0.465 e. The molecule has 0 saturated heterocycles. The van der Waals surface area contributed by atoms with Gasteiger partial charge in [-0.2, -0.15) is 0 Å². The van der Waals surface area contributed by atoms with Crippen molar-refractivity contribution in [1.82, 2.24) is 19.4 Å². The summed E-state index contributed by atoms with van der Waals surface area (Å²) in [5.74, 6) is 0.742. The second-order valence-corrected chi connectivity index (χ2v) is 13.5. The molecule has 8 heteroatoms. The van der Waals surface area contributed by atoms with Crippen LogP contribution in [-0.4, -0.2) is 45.8 Å². The number of fused-ring (bicyclic) bond motifs is 1. The monoisotopic (exact) mass is 398 g/mol. The van der Waals surface area contributed by atoms with Gasteiger partial charge in [0.25, 0.3) is 0 Å². The van der Waals surface area contributed by atoms with E-state index in [2.05, 4.69) is 50.1 Å². The van der Waals surface area contributed by atoms with Crippen LogP contribution in [0.15, 0.2) is 16.7 Å². The Morgan fingerprint density at radius 2 is 2.13 bits per heavy atom. The molecule has 2 rings (SSSR count). The maximum atomic E-state index is 11.1. The van der Waals surface area contributed by atoms with Gasteiger partial charge in [-0.25, -0.2) is 14.8 Å². The lowest BCUT2D eigenvalue weighted by Crippen LogP contribution is -2.26. The van der Waals surface area contributed by atoms with Crippen LogP contribution >= 0.6 is 15.9 Å². The highest BCUT2D eigenvalue weighted by molar-refractivity contribution is 9.10. The van der Waals surface area contributed by atoms with E-state index in [0.29, 0.717) is 0 Å². The SMILES string of the molecule is CN(Cc1nc2cc(Br)cnc2n1CCC[Si](C)(C)C)C(=O)O. The summed E-state index contributed by atoms with van der Waals surface area (Å²) in [6.45, 7) is 8.14. The number of aryl methyl sites for hydroxylation is 1. The Kier molecular flexibility index (Phi) is 5.46. The Labute approximate surface area is 145 Å². The molecule has 0 atom stereocenters. The van der Waals surface area contributed by atoms with E-state index < -0.39 is 14.2 Å². The van der Waals surface area contributed by atoms with Gasteiger partial charge in [-0.3, -0.25) is 0 Å². The Bertz CT molecular complexity index is 711. The molecule has 2 aromatic rings. The molecule has 0 saturated carbocycles. The number of imidazole rings is 1. The number of nitrogens with zero attached hydrogens (tertiary/aromatic N) is 4. The molecule has 0 bridgehead atoms. The molecule has 0 spiro atoms. The molecule has 23 heavy (non-hydrogen) atoms. The molecule has 0 fully saturated rings. The van der Waals surface area contributed by atoms with Crippen LogP contribution in [0.1, 0.15) is 12.2 Å². The molecule has 0 unspecified atom stereocenters. The highest BCUT2D eigenvalue weighted by Gasteiger charge is 2.18. The van der Waals surface area contributed by atoms with Crippen LogP contribution < -0.4 is 0 Å². The third-order valence-electron chi connectivity index (χ3n) is 3.64. The molecule has 0 radical (unpaired) electrons. The van der Waals surface area contributed by atoms with Crippen molar-refractivity contribution in [2.24, 2.45) is 0 Å². The lowest BCUT2D eigenvalue weighted by Gasteiger charge is -2.17. The van der Waals surface area contributed by atoms with Gasteiger partial charge in [-0.1, -0.05) is 25.7 Å². The van der Waals surface area contributed by atoms with Crippen molar-refractivity contribution in [2.75, 3.05) is 7.05 Å². The van der Waals surface area contributed by atoms with Gasteiger partial charge < -0.3 is 14.6 Å². The molecule has 126 valence electrons. The number of amides is 1. The van der Waals surface area contributed by atoms with E-state index in [9.17, 15) is 4.79 Å². The Hall–Kier alpha value is -1.41. The molecule has 1 amide bonds. The molecule has 0 aliphatic rings. The van der Waals surface area contributed by atoms with Crippen molar-refractivity contribution in [1.29, 1.82) is 0 Å². The van der Waals surface area contributed by atoms with Crippen LogP contribution in [0.3, 0.4) is 0 Å². The van der Waals surface area contributed by atoms with Gasteiger partial charge in [0.15, 0.2) is 5.65 Å². The lowest BCUT2D eigenvalue weighted by molar-refractivity contribution is 0.152. The summed E-state index contributed by atoms with van der Waals surface area (Å²) in [6.07, 6.45) is 1.85. The van der Waals surface area contributed by atoms with Gasteiger partial charge in [0.05, 0.1) is 6.54 Å². The highest BCUT2D eigenvalue weighted by atomic mass is 79.9. The number of rotatable bonds is 6. The minimum atomic E-state index is -1.10. The minimum Gasteiger partial charge on any atom is -0.465 e. The predicted molar refractivity (Wildman–Crippen MR) is 97.5 cm³/mol. The van der Waals surface area contributed by atoms with Crippen LogP contribution in [-0.2, 0) is 13.1 Å². The Morgan fingerprint density at radius 3 is 2.74 bits per heavy atom. The highest BCUT2D eigenvalue weighted by Crippen LogP contribution is 2.21. The number of hydrogen-bond acceptors (Lipinski definition) is 3. The molecule has 0 aliphatic heterocycles. The van der Waals surface area contributed by atoms with Crippen LogP contribution in [0.5, 0.6) is 0 Å². The van der Waals surface area contributed by atoms with Gasteiger partial charge in [-0.15, -0.1) is 0 Å². The first-order valence-corrected chi connectivity index (χ1v) is 12.1. The first-order chi connectivity index (χ1) is 10.7. The molecule has 1 N–H and O–H groups in total. The molecule has 6 nitrogen and oxygen atoms in total. The smallest absolute Gasteiger partial charge is 0.407 e. The van der Waals surface area contributed by atoms with Crippen molar-refractivity contribution >= 4 is 41.3 Å². The minimum absolute atomic E-state index is 0.260. The van der Waals surface area contributed by atoms with E-state index in [1.807, 2.05) is 6.07 Å². The maximum Gasteiger partial charge on any atom is 0.407 e. The van der Waals surface area contributed by atoms with E-state index >= 15 is 0 Å². The first kappa shape index (κ1) is 17.9. The first-order valence-electron chi connectivity index (χ1n) is 7.62. The Balaban J connectivity index is 2.31. The van der Waals surface area contributed by atoms with Crippen LogP contribution in [0.25, 0.3) is 11.2 Å². The standard InChI is InChI=1S/C15H23BrN4O2Si/c1-19(15(21)22)10-13-18-12-8-11(16)9-17-14(12)20(13)6-5-7-23(2,3)4/h8-9H,5-7,10H2,1-4H3,(H,21,22). The average Bonchev–Trinajstić information content (AvgIpc) is 2.74. The fourth-order valence-corrected chi connectivity index (χ4v) is 3.97. The number of pyridine rings is 1. The fourth-order valence-electron chi connectivity index (χ4n) is 2.44. The molecule has 2 aromatic heterocycles. The molecular weight excluding hydrogens is 376 g/mol. The van der Waals surface area contributed by atoms with E-state index in [1.165, 1.54) is 10.9 Å². The van der Waals surface area contributed by atoms with Crippen molar-refractivity contribution in [2.45, 2.75) is 45.2 Å². The summed E-state index contributed by atoms with van der Waals surface area (Å²) < 4.78 is 2.93. The Morgan fingerprint density at radius 1 is 1.43 bits per heavy atom. The summed E-state index contributed by atoms with van der Waals surface area (Å²) in [5.41, 5.74) is 1.61. The summed E-state index contributed by atoms with van der Waals surface area (Å²) in [6, 6.07) is 3.14. The molecule has 0 aromatic carbocycles. The summed E-state index contributed by atoms with van der Waals surface area (Å²) >= 11 is 3.41. The quantitative estimate of drug-likeness (QED) is 0.745.